The normalized spacial score (nSPS) is 17.5. The summed E-state index contributed by atoms with van der Waals surface area (Å²) in [5.74, 6) is -2.89. The monoisotopic (exact) mass is 477 g/mol. The van der Waals surface area contributed by atoms with E-state index < -0.39 is 36.6 Å². The summed E-state index contributed by atoms with van der Waals surface area (Å²) in [6, 6.07) is 7.45. The Balaban J connectivity index is 2.10. The highest BCUT2D eigenvalue weighted by Crippen LogP contribution is 2.20. The number of amides is 3. The Morgan fingerprint density at radius 2 is 1.85 bits per heavy atom. The van der Waals surface area contributed by atoms with E-state index in [0.29, 0.717) is 19.4 Å². The maximum absolute atomic E-state index is 13.3. The summed E-state index contributed by atoms with van der Waals surface area (Å²) >= 11 is 0. The molecule has 1 aliphatic heterocycles. The second-order valence-electron chi connectivity index (χ2n) is 8.49. The smallest absolute Gasteiger partial charge is 0.393 e. The molecule has 1 aromatic carbocycles. The Kier molecular flexibility index (Phi) is 9.84. The summed E-state index contributed by atoms with van der Waals surface area (Å²) in [4.78, 5) is 43.2. The van der Waals surface area contributed by atoms with Gasteiger partial charge in [0.25, 0.3) is 0 Å². The van der Waals surface area contributed by atoms with E-state index >= 15 is 0 Å². The number of nitrogens with two attached hydrogens (primary N) is 2. The molecule has 3 amide bonds. The van der Waals surface area contributed by atoms with Gasteiger partial charge in [-0.2, -0.15) is 0 Å². The maximum Gasteiger partial charge on any atom is 0.393 e. The van der Waals surface area contributed by atoms with Crippen LogP contribution in [0.2, 0.25) is 0 Å². The van der Waals surface area contributed by atoms with E-state index in [0.717, 1.165) is 5.56 Å². The van der Waals surface area contributed by atoms with Gasteiger partial charge in [-0.05, 0) is 30.8 Å². The highest BCUT2D eigenvalue weighted by atomic mass is 16.5. The number of aliphatic imine (C=N–C) groups is 1. The number of likely N-dealkylation sites (tertiary alicyclic amines) is 1. The van der Waals surface area contributed by atoms with E-state index in [2.05, 4.69) is 15.6 Å². The third kappa shape index (κ3) is 8.32. The molecule has 12 nitrogen and oxygen atoms in total. The first-order valence-corrected chi connectivity index (χ1v) is 11.3. The zero-order chi connectivity index (χ0) is 25.3. The van der Waals surface area contributed by atoms with E-state index in [9.17, 15) is 29.5 Å². The van der Waals surface area contributed by atoms with Gasteiger partial charge in [0.15, 0.2) is 5.96 Å². The molecule has 1 fully saturated rings. The number of nitrogens with zero attached hydrogens (tertiary/aromatic N) is 2. The Bertz CT molecular complexity index is 874. The number of nitrogens with one attached hydrogen (secondary N) is 2. The fourth-order valence-corrected chi connectivity index (χ4v) is 4.00. The van der Waals surface area contributed by atoms with E-state index in [4.69, 9.17) is 11.5 Å². The summed E-state index contributed by atoms with van der Waals surface area (Å²) < 4.78 is 0. The summed E-state index contributed by atoms with van der Waals surface area (Å²) in [5.41, 5.74) is 11.4. The molecule has 0 radical (unpaired) electrons. The van der Waals surface area contributed by atoms with Gasteiger partial charge in [-0.1, -0.05) is 36.8 Å². The molecule has 0 bridgehead atoms. The molecule has 0 aromatic heterocycles. The molecule has 188 valence electrons. The van der Waals surface area contributed by atoms with Crippen LogP contribution in [0.5, 0.6) is 0 Å². The summed E-state index contributed by atoms with van der Waals surface area (Å²) in [6.45, 7) is -2.07. The highest BCUT2D eigenvalue weighted by molar-refractivity contribution is 6.58. The minimum absolute atomic E-state index is 0.00475. The minimum atomic E-state index is -3.87. The standard InChI is InChI=1S/C21H34BN6O6/c1-14(29)26-16(13-15-7-3-2-4-8-15)20(31)28-12-6-9-17(28)19(30)27-18(22(32,33)34)10-5-11-25-21(23)24/h2-4,7-8,16-18,32-34H,5-6,9-13H2,1H3,(H,26,29)(H,27,30)(H4,23,24,25)/q-1/t16-,17+,18+/m1/s1. The van der Waals surface area contributed by atoms with Crippen molar-refractivity contribution in [3.05, 3.63) is 35.9 Å². The van der Waals surface area contributed by atoms with Crippen LogP contribution in [0.1, 0.15) is 38.2 Å². The van der Waals surface area contributed by atoms with Gasteiger partial charge in [0, 0.05) is 26.4 Å². The minimum Gasteiger partial charge on any atom is -0.558 e. The van der Waals surface area contributed by atoms with Crippen LogP contribution in [-0.4, -0.2) is 81.5 Å². The fourth-order valence-electron chi connectivity index (χ4n) is 4.00. The lowest BCUT2D eigenvalue weighted by molar-refractivity contribution is -0.141. The van der Waals surface area contributed by atoms with Crippen molar-refractivity contribution in [3.63, 3.8) is 0 Å². The van der Waals surface area contributed by atoms with Crippen molar-refractivity contribution < 1.29 is 29.5 Å². The molecule has 3 atom stereocenters. The Morgan fingerprint density at radius 3 is 2.44 bits per heavy atom. The third-order valence-corrected chi connectivity index (χ3v) is 5.63. The molecule has 1 aliphatic rings. The molecule has 1 heterocycles. The van der Waals surface area contributed by atoms with Crippen LogP contribution in [-0.2, 0) is 20.8 Å². The van der Waals surface area contributed by atoms with Crippen LogP contribution >= 0.6 is 0 Å². The van der Waals surface area contributed by atoms with Gasteiger partial charge in [0.1, 0.15) is 12.1 Å². The van der Waals surface area contributed by atoms with Crippen LogP contribution in [0, 0.1) is 0 Å². The second-order valence-corrected chi connectivity index (χ2v) is 8.49. The predicted octanol–water partition coefficient (Wildman–Crippen LogP) is -2.28. The SMILES string of the molecule is CC(=O)N[C@H](Cc1ccccc1)C(=O)N1CCC[C@H]1C(=O)N[C@@H](CCCN=C(N)N)[B-](O)(O)O. The molecular formula is C21H34BN6O6-. The highest BCUT2D eigenvalue weighted by Gasteiger charge is 2.39. The van der Waals surface area contributed by atoms with Gasteiger partial charge in [0.05, 0.1) is 0 Å². The van der Waals surface area contributed by atoms with Crippen LogP contribution in [0.3, 0.4) is 0 Å². The van der Waals surface area contributed by atoms with Crippen molar-refractivity contribution in [1.29, 1.82) is 0 Å². The van der Waals surface area contributed by atoms with E-state index in [1.807, 2.05) is 30.3 Å². The van der Waals surface area contributed by atoms with Crippen LogP contribution in [0.15, 0.2) is 35.3 Å². The number of guanidine groups is 1. The van der Waals surface area contributed by atoms with Gasteiger partial charge < -0.3 is 42.1 Å². The van der Waals surface area contributed by atoms with Gasteiger partial charge in [-0.3, -0.25) is 19.4 Å². The summed E-state index contributed by atoms with van der Waals surface area (Å²) in [7, 11) is 0. The molecule has 0 saturated carbocycles. The zero-order valence-corrected chi connectivity index (χ0v) is 19.3. The topological polar surface area (TPSA) is 204 Å². The maximum atomic E-state index is 13.3. The number of hydrogen-bond donors (Lipinski definition) is 7. The Labute approximate surface area is 198 Å². The average Bonchev–Trinajstić information content (AvgIpc) is 3.24. The van der Waals surface area contributed by atoms with Gasteiger partial charge in [-0.15, -0.1) is 0 Å². The third-order valence-electron chi connectivity index (χ3n) is 5.63. The van der Waals surface area contributed by atoms with Gasteiger partial charge in [0.2, 0.25) is 17.7 Å². The average molecular weight is 477 g/mol. The fraction of sp³-hybridized carbons (Fsp3) is 0.524. The number of hydrogen-bond acceptors (Lipinski definition) is 7. The lowest BCUT2D eigenvalue weighted by Crippen LogP contribution is -2.61. The van der Waals surface area contributed by atoms with Crippen LogP contribution in [0.4, 0.5) is 0 Å². The zero-order valence-electron chi connectivity index (χ0n) is 19.3. The molecule has 0 aliphatic carbocycles. The first-order chi connectivity index (χ1) is 16.0. The molecule has 1 aromatic rings. The van der Waals surface area contributed by atoms with Crippen molar-refractivity contribution in [2.45, 2.75) is 57.1 Å². The molecule has 0 spiro atoms. The quantitative estimate of drug-likeness (QED) is 0.0798. The molecular weight excluding hydrogens is 443 g/mol. The number of benzene rings is 1. The lowest BCUT2D eigenvalue weighted by Gasteiger charge is -2.35. The molecule has 34 heavy (non-hydrogen) atoms. The number of carbonyl (C=O) groups excluding carboxylic acids is 3. The van der Waals surface area contributed by atoms with E-state index in [1.165, 1.54) is 11.8 Å². The predicted molar refractivity (Wildman–Crippen MR) is 127 cm³/mol. The van der Waals surface area contributed by atoms with Crippen LogP contribution < -0.4 is 22.1 Å². The van der Waals surface area contributed by atoms with Gasteiger partial charge in [-0.25, -0.2) is 0 Å². The Morgan fingerprint density at radius 1 is 1.18 bits per heavy atom. The van der Waals surface area contributed by atoms with Crippen LogP contribution in [0.25, 0.3) is 0 Å². The van der Waals surface area contributed by atoms with E-state index in [1.54, 1.807) is 0 Å². The lowest BCUT2D eigenvalue weighted by atomic mass is 9.68. The molecule has 2 rings (SSSR count). The second kappa shape index (κ2) is 12.3. The largest absolute Gasteiger partial charge is 0.558 e. The van der Waals surface area contributed by atoms with Crippen molar-refractivity contribution in [3.8, 4) is 0 Å². The van der Waals surface area contributed by atoms with Crippen molar-refractivity contribution >= 4 is 30.4 Å². The number of carbonyl (C=O) groups is 3. The van der Waals surface area contributed by atoms with Crippen molar-refractivity contribution in [2.75, 3.05) is 13.1 Å². The van der Waals surface area contributed by atoms with Crippen molar-refractivity contribution in [1.82, 2.24) is 15.5 Å². The molecule has 13 heteroatoms. The van der Waals surface area contributed by atoms with E-state index in [-0.39, 0.29) is 37.7 Å². The molecule has 0 unspecified atom stereocenters. The molecule has 1 saturated heterocycles. The number of rotatable bonds is 11. The summed E-state index contributed by atoms with van der Waals surface area (Å²) in [5, 5.41) is 34.4. The molecule has 9 N–H and O–H groups in total. The van der Waals surface area contributed by atoms with Gasteiger partial charge >= 0.3 is 6.75 Å². The first kappa shape index (κ1) is 27.1. The summed E-state index contributed by atoms with van der Waals surface area (Å²) in [6.07, 6.45) is 1.44. The first-order valence-electron chi connectivity index (χ1n) is 11.3. The van der Waals surface area contributed by atoms with Crippen molar-refractivity contribution in [2.24, 2.45) is 16.5 Å². The Hall–Kier alpha value is -3.16.